The van der Waals surface area contributed by atoms with Crippen molar-refractivity contribution in [3.8, 4) is 0 Å². The number of anilines is 1. The Morgan fingerprint density at radius 1 is 1.44 bits per heavy atom. The number of rotatable bonds is 3. The Morgan fingerprint density at radius 3 is 2.88 bits per heavy atom. The van der Waals surface area contributed by atoms with Crippen molar-refractivity contribution in [2.24, 2.45) is 7.05 Å². The highest BCUT2D eigenvalue weighted by Gasteiger charge is 2.08. The highest BCUT2D eigenvalue weighted by molar-refractivity contribution is 7.92. The van der Waals surface area contributed by atoms with Crippen molar-refractivity contribution in [3.63, 3.8) is 0 Å². The predicted molar refractivity (Wildman–Crippen MR) is 63.8 cm³/mol. The lowest BCUT2D eigenvalue weighted by Gasteiger charge is -2.05. The minimum absolute atomic E-state index is 0.0628. The molecule has 6 heteroatoms. The van der Waals surface area contributed by atoms with Gasteiger partial charge in [-0.15, -0.1) is 0 Å². The Bertz CT molecular complexity index is 616. The highest BCUT2D eigenvalue weighted by Crippen LogP contribution is 2.18. The number of imidazole rings is 1. The molecule has 86 valence electrons. The normalized spacial score (nSPS) is 11.9. The van der Waals surface area contributed by atoms with E-state index in [0.29, 0.717) is 5.69 Å². The molecular weight excluding hydrogens is 226 g/mol. The molecule has 0 bridgehead atoms. The second-order valence-corrected chi connectivity index (χ2v) is 5.58. The summed E-state index contributed by atoms with van der Waals surface area (Å²) in [5.74, 6) is 0.0628. The Labute approximate surface area is 94.2 Å². The van der Waals surface area contributed by atoms with Gasteiger partial charge in [0, 0.05) is 7.05 Å². The lowest BCUT2D eigenvalue weighted by atomic mass is 10.3. The van der Waals surface area contributed by atoms with Crippen LogP contribution in [0.4, 0.5) is 5.69 Å². The molecule has 0 fully saturated rings. The number of aromatic nitrogens is 2. The third-order valence-electron chi connectivity index (χ3n) is 2.38. The molecule has 1 N–H and O–H groups in total. The summed E-state index contributed by atoms with van der Waals surface area (Å²) in [6.07, 6.45) is 1.70. The molecule has 16 heavy (non-hydrogen) atoms. The van der Waals surface area contributed by atoms with E-state index in [4.69, 9.17) is 0 Å². The fourth-order valence-electron chi connectivity index (χ4n) is 1.45. The second kappa shape index (κ2) is 3.79. The van der Waals surface area contributed by atoms with E-state index in [9.17, 15) is 8.42 Å². The van der Waals surface area contributed by atoms with Gasteiger partial charge in [-0.1, -0.05) is 0 Å². The number of nitrogens with zero attached hydrogens (tertiary/aromatic N) is 2. The van der Waals surface area contributed by atoms with Crippen molar-refractivity contribution in [2.45, 2.75) is 6.92 Å². The van der Waals surface area contributed by atoms with Crippen LogP contribution in [0.5, 0.6) is 0 Å². The van der Waals surface area contributed by atoms with Crippen LogP contribution in [0.25, 0.3) is 11.0 Å². The van der Waals surface area contributed by atoms with Gasteiger partial charge in [0.25, 0.3) is 0 Å². The van der Waals surface area contributed by atoms with Crippen LogP contribution < -0.4 is 4.72 Å². The first kappa shape index (κ1) is 10.9. The average molecular weight is 239 g/mol. The predicted octanol–water partition coefficient (Wildman–Crippen LogP) is 1.33. The van der Waals surface area contributed by atoms with Gasteiger partial charge >= 0.3 is 0 Å². The molecule has 2 aromatic rings. The number of hydrogen-bond acceptors (Lipinski definition) is 3. The summed E-state index contributed by atoms with van der Waals surface area (Å²) in [7, 11) is -1.32. The lowest BCUT2D eigenvalue weighted by molar-refractivity contribution is 0.602. The summed E-state index contributed by atoms with van der Waals surface area (Å²) in [6, 6.07) is 5.30. The molecule has 0 spiro atoms. The van der Waals surface area contributed by atoms with E-state index in [0.717, 1.165) is 11.0 Å². The Kier molecular flexibility index (Phi) is 2.59. The summed E-state index contributed by atoms with van der Waals surface area (Å²) in [4.78, 5) is 4.16. The molecule has 0 aliphatic carbocycles. The third kappa shape index (κ3) is 2.01. The number of nitrogens with one attached hydrogen (secondary N) is 1. The zero-order valence-corrected chi connectivity index (χ0v) is 9.95. The first-order valence-corrected chi connectivity index (χ1v) is 6.58. The maximum Gasteiger partial charge on any atom is 0.232 e. The summed E-state index contributed by atoms with van der Waals surface area (Å²) in [5.41, 5.74) is 2.30. The molecule has 0 saturated carbocycles. The molecule has 5 nitrogen and oxygen atoms in total. The monoisotopic (exact) mass is 239 g/mol. The van der Waals surface area contributed by atoms with E-state index < -0.39 is 10.0 Å². The van der Waals surface area contributed by atoms with E-state index in [-0.39, 0.29) is 5.75 Å². The van der Waals surface area contributed by atoms with Crippen molar-refractivity contribution in [1.29, 1.82) is 0 Å². The first-order chi connectivity index (χ1) is 7.52. The van der Waals surface area contributed by atoms with Crippen LogP contribution in [-0.2, 0) is 17.1 Å². The standard InChI is InChI=1S/C10H13N3O2S/c1-3-16(14,15)12-8-4-5-10-9(6-8)11-7-13(10)2/h4-7,12H,3H2,1-2H3. The molecular formula is C10H13N3O2S. The minimum atomic E-state index is -3.22. The Balaban J connectivity index is 2.41. The largest absolute Gasteiger partial charge is 0.334 e. The van der Waals surface area contributed by atoms with E-state index in [1.807, 2.05) is 17.7 Å². The SMILES string of the molecule is CCS(=O)(=O)Nc1ccc2c(c1)ncn2C. The van der Waals surface area contributed by atoms with Crippen LogP contribution >= 0.6 is 0 Å². The van der Waals surface area contributed by atoms with Crippen molar-refractivity contribution in [1.82, 2.24) is 9.55 Å². The smallest absolute Gasteiger partial charge is 0.232 e. The number of aryl methyl sites for hydroxylation is 1. The molecule has 0 amide bonds. The van der Waals surface area contributed by atoms with Crippen LogP contribution in [0.3, 0.4) is 0 Å². The summed E-state index contributed by atoms with van der Waals surface area (Å²) < 4.78 is 27.1. The lowest BCUT2D eigenvalue weighted by Crippen LogP contribution is -2.14. The topological polar surface area (TPSA) is 64.0 Å². The summed E-state index contributed by atoms with van der Waals surface area (Å²) in [6.45, 7) is 1.60. The zero-order chi connectivity index (χ0) is 11.8. The maximum atomic E-state index is 11.4. The summed E-state index contributed by atoms with van der Waals surface area (Å²) >= 11 is 0. The van der Waals surface area contributed by atoms with Gasteiger partial charge in [-0.25, -0.2) is 13.4 Å². The van der Waals surface area contributed by atoms with Gasteiger partial charge in [-0.2, -0.15) is 0 Å². The fraction of sp³-hybridized carbons (Fsp3) is 0.300. The first-order valence-electron chi connectivity index (χ1n) is 4.93. The second-order valence-electron chi connectivity index (χ2n) is 3.56. The van der Waals surface area contributed by atoms with Crippen LogP contribution in [0.2, 0.25) is 0 Å². The van der Waals surface area contributed by atoms with Crippen molar-refractivity contribution in [2.75, 3.05) is 10.5 Å². The molecule has 0 aliphatic rings. The molecule has 0 unspecified atom stereocenters. The van der Waals surface area contributed by atoms with Gasteiger partial charge in [-0.3, -0.25) is 4.72 Å². The molecule has 0 radical (unpaired) electrons. The zero-order valence-electron chi connectivity index (χ0n) is 9.14. The van der Waals surface area contributed by atoms with Gasteiger partial charge in [-0.05, 0) is 25.1 Å². The average Bonchev–Trinajstić information content (AvgIpc) is 2.60. The number of sulfonamides is 1. The van der Waals surface area contributed by atoms with E-state index >= 15 is 0 Å². The van der Waals surface area contributed by atoms with E-state index in [1.165, 1.54) is 0 Å². The molecule has 0 aliphatic heterocycles. The van der Waals surface area contributed by atoms with Crippen molar-refractivity contribution < 1.29 is 8.42 Å². The highest BCUT2D eigenvalue weighted by atomic mass is 32.2. The molecule has 2 rings (SSSR count). The molecule has 1 heterocycles. The fourth-order valence-corrected chi connectivity index (χ4v) is 2.08. The Hall–Kier alpha value is -1.56. The van der Waals surface area contributed by atoms with Gasteiger partial charge in [0.15, 0.2) is 0 Å². The molecule has 1 aromatic carbocycles. The van der Waals surface area contributed by atoms with Crippen LogP contribution in [0, 0.1) is 0 Å². The molecule has 0 atom stereocenters. The quantitative estimate of drug-likeness (QED) is 0.879. The van der Waals surface area contributed by atoms with Crippen molar-refractivity contribution >= 4 is 26.7 Å². The number of fused-ring (bicyclic) bond motifs is 1. The van der Waals surface area contributed by atoms with E-state index in [1.54, 1.807) is 25.4 Å². The van der Waals surface area contributed by atoms with Crippen LogP contribution in [0.15, 0.2) is 24.5 Å². The minimum Gasteiger partial charge on any atom is -0.334 e. The van der Waals surface area contributed by atoms with Gasteiger partial charge in [0.05, 0.1) is 28.8 Å². The molecule has 1 aromatic heterocycles. The van der Waals surface area contributed by atoms with Crippen LogP contribution in [0.1, 0.15) is 6.92 Å². The number of hydrogen-bond donors (Lipinski definition) is 1. The maximum absolute atomic E-state index is 11.4. The van der Waals surface area contributed by atoms with Crippen molar-refractivity contribution in [3.05, 3.63) is 24.5 Å². The molecule has 0 saturated heterocycles. The van der Waals surface area contributed by atoms with E-state index in [2.05, 4.69) is 9.71 Å². The van der Waals surface area contributed by atoms with Gasteiger partial charge in [0.1, 0.15) is 0 Å². The number of benzene rings is 1. The van der Waals surface area contributed by atoms with Crippen LogP contribution in [-0.4, -0.2) is 23.7 Å². The summed E-state index contributed by atoms with van der Waals surface area (Å²) in [5, 5.41) is 0. The third-order valence-corrected chi connectivity index (χ3v) is 3.69. The van der Waals surface area contributed by atoms with Gasteiger partial charge < -0.3 is 4.57 Å². The van der Waals surface area contributed by atoms with Gasteiger partial charge in [0.2, 0.25) is 10.0 Å². The Morgan fingerprint density at radius 2 is 2.19 bits per heavy atom.